The van der Waals surface area contributed by atoms with Gasteiger partial charge < -0.3 is 14.8 Å². The van der Waals surface area contributed by atoms with E-state index in [-0.39, 0.29) is 17.2 Å². The molecule has 1 N–H and O–H groups in total. The quantitative estimate of drug-likeness (QED) is 0.501. The Morgan fingerprint density at radius 2 is 1.71 bits per heavy atom. The predicted octanol–water partition coefficient (Wildman–Crippen LogP) is 5.00. The number of hydrogen-bond acceptors (Lipinski definition) is 6. The van der Waals surface area contributed by atoms with Gasteiger partial charge in [0.05, 0.1) is 30.6 Å². The molecular formula is C19H19Cl2N3O4. The van der Waals surface area contributed by atoms with Gasteiger partial charge >= 0.3 is 0 Å². The van der Waals surface area contributed by atoms with E-state index in [2.05, 4.69) is 15.5 Å². The molecule has 0 aliphatic rings. The second-order valence-corrected chi connectivity index (χ2v) is 6.63. The fourth-order valence-corrected chi connectivity index (χ4v) is 2.72. The Bertz CT molecular complexity index is 932. The number of anilines is 1. The summed E-state index contributed by atoms with van der Waals surface area (Å²) in [6.45, 7) is 3.11. The van der Waals surface area contributed by atoms with Crippen LogP contribution in [0.4, 0.5) is 11.4 Å². The number of amides is 1. The number of ketones is 1. The van der Waals surface area contributed by atoms with Gasteiger partial charge in [0.2, 0.25) is 6.04 Å². The Hall–Kier alpha value is -2.64. The lowest BCUT2D eigenvalue weighted by molar-refractivity contribution is -0.126. The predicted molar refractivity (Wildman–Crippen MR) is 108 cm³/mol. The number of halogens is 2. The molecule has 28 heavy (non-hydrogen) atoms. The van der Waals surface area contributed by atoms with Crippen LogP contribution in [0, 0.1) is 6.92 Å². The van der Waals surface area contributed by atoms with Crippen LogP contribution in [0.3, 0.4) is 0 Å². The summed E-state index contributed by atoms with van der Waals surface area (Å²) in [5, 5.41) is 11.3. The largest absolute Gasteiger partial charge is 0.491 e. The highest BCUT2D eigenvalue weighted by Crippen LogP contribution is 2.40. The number of azo groups is 1. The van der Waals surface area contributed by atoms with Crippen LogP contribution in [0.2, 0.25) is 10.0 Å². The maximum atomic E-state index is 12.6. The van der Waals surface area contributed by atoms with Crippen molar-refractivity contribution in [2.45, 2.75) is 19.9 Å². The Morgan fingerprint density at radius 1 is 1.04 bits per heavy atom. The molecule has 2 aromatic carbocycles. The molecule has 0 aliphatic carbocycles. The first-order chi connectivity index (χ1) is 13.3. The van der Waals surface area contributed by atoms with E-state index in [0.717, 1.165) is 5.56 Å². The summed E-state index contributed by atoms with van der Waals surface area (Å²) in [4.78, 5) is 24.5. The molecule has 2 aromatic rings. The van der Waals surface area contributed by atoms with Crippen LogP contribution in [0.5, 0.6) is 11.5 Å². The average molecular weight is 424 g/mol. The van der Waals surface area contributed by atoms with E-state index in [1.807, 2.05) is 6.92 Å². The minimum Gasteiger partial charge on any atom is -0.491 e. The number of carbonyl (C=O) groups excluding carboxylic acids is 2. The van der Waals surface area contributed by atoms with Gasteiger partial charge in [0.1, 0.15) is 0 Å². The van der Waals surface area contributed by atoms with Crippen molar-refractivity contribution in [3.63, 3.8) is 0 Å². The van der Waals surface area contributed by atoms with Gasteiger partial charge in [-0.05, 0) is 43.7 Å². The number of nitrogens with one attached hydrogen (secondary N) is 1. The van der Waals surface area contributed by atoms with Crippen LogP contribution in [0.25, 0.3) is 0 Å². The molecule has 1 amide bonds. The minimum atomic E-state index is -1.34. The van der Waals surface area contributed by atoms with Crippen molar-refractivity contribution in [3.8, 4) is 11.5 Å². The molecule has 0 saturated carbocycles. The molecular weight excluding hydrogens is 405 g/mol. The highest BCUT2D eigenvalue weighted by molar-refractivity contribution is 6.32. The van der Waals surface area contributed by atoms with Crippen LogP contribution in [-0.4, -0.2) is 32.0 Å². The van der Waals surface area contributed by atoms with Crippen molar-refractivity contribution in [1.82, 2.24) is 0 Å². The van der Waals surface area contributed by atoms with Crippen LogP contribution >= 0.6 is 23.2 Å². The zero-order valence-electron chi connectivity index (χ0n) is 15.7. The summed E-state index contributed by atoms with van der Waals surface area (Å²) in [6, 6.07) is 6.79. The highest BCUT2D eigenvalue weighted by atomic mass is 35.5. The molecule has 0 saturated heterocycles. The lowest BCUT2D eigenvalue weighted by Gasteiger charge is -2.16. The van der Waals surface area contributed by atoms with E-state index in [9.17, 15) is 9.59 Å². The van der Waals surface area contributed by atoms with E-state index < -0.39 is 17.7 Å². The van der Waals surface area contributed by atoms with Gasteiger partial charge in [-0.3, -0.25) is 9.59 Å². The van der Waals surface area contributed by atoms with E-state index >= 15 is 0 Å². The molecule has 9 heteroatoms. The van der Waals surface area contributed by atoms with E-state index in [0.29, 0.717) is 15.7 Å². The Labute approximate surface area is 172 Å². The van der Waals surface area contributed by atoms with Gasteiger partial charge in [-0.1, -0.05) is 29.3 Å². The summed E-state index contributed by atoms with van der Waals surface area (Å²) in [5.41, 5.74) is 1.60. The molecule has 2 rings (SSSR count). The molecule has 0 aliphatic heterocycles. The standard InChI is InChI=1S/C19H19Cl2N3O4/c1-10-5-6-12(9-14(10)21)23-24-16(11(2)25)19(26)22-15-8-7-13(20)17(27-3)18(15)28-4/h5-9,16H,1-4H3,(H,22,26). The third-order valence-corrected chi connectivity index (χ3v) is 4.51. The fraction of sp³-hybridized carbons (Fsp3) is 0.263. The number of Topliss-reactive ketones (excluding diaryl/α,β-unsaturated/α-hetero) is 1. The molecule has 1 atom stereocenters. The maximum Gasteiger partial charge on any atom is 0.258 e. The van der Waals surface area contributed by atoms with Crippen LogP contribution in [0.1, 0.15) is 12.5 Å². The molecule has 0 heterocycles. The summed E-state index contributed by atoms with van der Waals surface area (Å²) in [7, 11) is 2.84. The fourth-order valence-electron chi connectivity index (χ4n) is 2.32. The summed E-state index contributed by atoms with van der Waals surface area (Å²) in [6.07, 6.45) is 0. The van der Waals surface area contributed by atoms with Crippen molar-refractivity contribution >= 4 is 46.3 Å². The molecule has 1 unspecified atom stereocenters. The number of ether oxygens (including phenoxy) is 2. The lowest BCUT2D eigenvalue weighted by Crippen LogP contribution is -2.32. The molecule has 0 spiro atoms. The number of nitrogens with zero attached hydrogens (tertiary/aromatic N) is 2. The number of aryl methyl sites for hydroxylation is 1. The van der Waals surface area contributed by atoms with Crippen molar-refractivity contribution in [2.24, 2.45) is 10.2 Å². The summed E-state index contributed by atoms with van der Waals surface area (Å²) < 4.78 is 10.5. The Kier molecular flexibility index (Phi) is 7.37. The van der Waals surface area contributed by atoms with Gasteiger partial charge in [-0.25, -0.2) is 0 Å². The minimum absolute atomic E-state index is 0.230. The van der Waals surface area contributed by atoms with Crippen molar-refractivity contribution in [2.75, 3.05) is 19.5 Å². The van der Waals surface area contributed by atoms with Gasteiger partial charge in [0.25, 0.3) is 5.91 Å². The monoisotopic (exact) mass is 423 g/mol. The second-order valence-electron chi connectivity index (χ2n) is 5.81. The number of methoxy groups -OCH3 is 2. The summed E-state index contributed by atoms with van der Waals surface area (Å²) >= 11 is 12.1. The van der Waals surface area contributed by atoms with Gasteiger partial charge in [0.15, 0.2) is 17.3 Å². The number of hydrogen-bond donors (Lipinski definition) is 1. The SMILES string of the molecule is COc1c(Cl)ccc(NC(=O)C(N=Nc2ccc(C)c(Cl)c2)C(C)=O)c1OC. The maximum absolute atomic E-state index is 12.6. The molecule has 0 bridgehead atoms. The summed E-state index contributed by atoms with van der Waals surface area (Å²) in [5.74, 6) is -0.651. The van der Waals surface area contributed by atoms with E-state index in [1.165, 1.54) is 33.3 Å². The Morgan fingerprint density at radius 3 is 2.29 bits per heavy atom. The van der Waals surface area contributed by atoms with Gasteiger partial charge in [-0.15, -0.1) is 0 Å². The Balaban J connectivity index is 2.27. The van der Waals surface area contributed by atoms with Crippen molar-refractivity contribution in [3.05, 3.63) is 45.9 Å². The zero-order chi connectivity index (χ0) is 20.8. The lowest BCUT2D eigenvalue weighted by atomic mass is 10.2. The number of rotatable bonds is 7. The van der Waals surface area contributed by atoms with Crippen molar-refractivity contribution in [1.29, 1.82) is 0 Å². The number of benzene rings is 2. The second kappa shape index (κ2) is 9.52. The first kappa shape index (κ1) is 21.7. The molecule has 148 valence electrons. The zero-order valence-corrected chi connectivity index (χ0v) is 17.3. The van der Waals surface area contributed by atoms with E-state index in [4.69, 9.17) is 32.7 Å². The topological polar surface area (TPSA) is 89.4 Å². The molecule has 7 nitrogen and oxygen atoms in total. The van der Waals surface area contributed by atoms with Crippen LogP contribution in [0.15, 0.2) is 40.6 Å². The average Bonchev–Trinajstić information content (AvgIpc) is 2.65. The normalized spacial score (nSPS) is 11.9. The molecule has 0 radical (unpaired) electrons. The van der Waals surface area contributed by atoms with Crippen LogP contribution < -0.4 is 14.8 Å². The van der Waals surface area contributed by atoms with Gasteiger partial charge in [-0.2, -0.15) is 10.2 Å². The van der Waals surface area contributed by atoms with E-state index in [1.54, 1.807) is 18.2 Å². The highest BCUT2D eigenvalue weighted by Gasteiger charge is 2.25. The van der Waals surface area contributed by atoms with Gasteiger partial charge in [0, 0.05) is 5.02 Å². The number of carbonyl (C=O) groups is 2. The molecule has 0 fully saturated rings. The smallest absolute Gasteiger partial charge is 0.258 e. The third-order valence-electron chi connectivity index (χ3n) is 3.81. The van der Waals surface area contributed by atoms with Crippen molar-refractivity contribution < 1.29 is 19.1 Å². The third kappa shape index (κ3) is 4.99. The first-order valence-electron chi connectivity index (χ1n) is 8.17. The van der Waals surface area contributed by atoms with Crippen LogP contribution in [-0.2, 0) is 9.59 Å². The molecule has 0 aromatic heterocycles. The first-order valence-corrected chi connectivity index (χ1v) is 8.92.